The van der Waals surface area contributed by atoms with Crippen molar-refractivity contribution in [1.82, 2.24) is 20.4 Å². The van der Waals surface area contributed by atoms with Gasteiger partial charge in [-0.25, -0.2) is 4.68 Å². The molecule has 0 unspecified atom stereocenters. The van der Waals surface area contributed by atoms with E-state index in [2.05, 4.69) is 42.7 Å². The van der Waals surface area contributed by atoms with Crippen LogP contribution < -0.4 is 10.6 Å². The Bertz CT molecular complexity index is 795. The van der Waals surface area contributed by atoms with Crippen molar-refractivity contribution in [3.63, 3.8) is 0 Å². The minimum atomic E-state index is -0.0245. The maximum Gasteiger partial charge on any atom is 0.272 e. The van der Waals surface area contributed by atoms with E-state index in [1.165, 1.54) is 16.8 Å². The fourth-order valence-corrected chi connectivity index (χ4v) is 3.68. The zero-order chi connectivity index (χ0) is 16.7. The van der Waals surface area contributed by atoms with Gasteiger partial charge in [-0.05, 0) is 44.7 Å². The summed E-state index contributed by atoms with van der Waals surface area (Å²) < 4.78 is 2.00. The largest absolute Gasteiger partial charge is 0.350 e. The number of benzene rings is 1. The van der Waals surface area contributed by atoms with Gasteiger partial charge < -0.3 is 10.6 Å². The number of nitrogens with zero attached hydrogens (tertiary/aromatic N) is 2. The van der Waals surface area contributed by atoms with Crippen LogP contribution in [0.5, 0.6) is 0 Å². The van der Waals surface area contributed by atoms with Crippen LogP contribution >= 0.6 is 12.4 Å². The van der Waals surface area contributed by atoms with E-state index in [0.29, 0.717) is 11.6 Å². The van der Waals surface area contributed by atoms with Crippen LogP contribution in [0.1, 0.15) is 39.3 Å². The van der Waals surface area contributed by atoms with Gasteiger partial charge in [-0.3, -0.25) is 4.79 Å². The van der Waals surface area contributed by atoms with Crippen LogP contribution in [-0.4, -0.2) is 35.3 Å². The number of aromatic nitrogens is 2. The smallest absolute Gasteiger partial charge is 0.272 e. The quantitative estimate of drug-likeness (QED) is 0.879. The third kappa shape index (κ3) is 3.31. The fraction of sp³-hybridized carbons (Fsp3) is 0.474. The maximum atomic E-state index is 12.6. The number of amides is 1. The summed E-state index contributed by atoms with van der Waals surface area (Å²) in [5.74, 6) is 0.534. The molecule has 1 aromatic heterocycles. The Hall–Kier alpha value is -1.85. The SMILES string of the molecule is Cc1ccc(-n2nc(C(=O)NCC3CNC3)c3c2CCC3)c(C)c1.Cl. The minimum absolute atomic E-state index is 0. The van der Waals surface area contributed by atoms with Crippen molar-refractivity contribution in [3.05, 3.63) is 46.3 Å². The summed E-state index contributed by atoms with van der Waals surface area (Å²) in [6.45, 7) is 6.93. The lowest BCUT2D eigenvalue weighted by atomic mass is 10.0. The first-order chi connectivity index (χ1) is 11.6. The zero-order valence-electron chi connectivity index (χ0n) is 14.8. The Labute approximate surface area is 154 Å². The topological polar surface area (TPSA) is 59.0 Å². The Morgan fingerprint density at radius 1 is 1.32 bits per heavy atom. The number of rotatable bonds is 4. The summed E-state index contributed by atoms with van der Waals surface area (Å²) >= 11 is 0. The van der Waals surface area contributed by atoms with Crippen LogP contribution in [0.3, 0.4) is 0 Å². The van der Waals surface area contributed by atoms with Crippen molar-refractivity contribution in [1.29, 1.82) is 0 Å². The predicted octanol–water partition coefficient (Wildman–Crippen LogP) is 2.35. The van der Waals surface area contributed by atoms with E-state index >= 15 is 0 Å². The lowest BCUT2D eigenvalue weighted by Gasteiger charge is -2.26. The molecule has 0 spiro atoms. The first-order valence-corrected chi connectivity index (χ1v) is 8.81. The van der Waals surface area contributed by atoms with Gasteiger partial charge in [-0.15, -0.1) is 12.4 Å². The Morgan fingerprint density at radius 2 is 2.12 bits per heavy atom. The number of fused-ring (bicyclic) bond motifs is 1. The summed E-state index contributed by atoms with van der Waals surface area (Å²) in [6, 6.07) is 6.38. The highest BCUT2D eigenvalue weighted by Crippen LogP contribution is 2.29. The summed E-state index contributed by atoms with van der Waals surface area (Å²) in [7, 11) is 0. The molecule has 0 saturated carbocycles. The molecule has 1 aliphatic carbocycles. The van der Waals surface area contributed by atoms with Gasteiger partial charge in [0.1, 0.15) is 0 Å². The summed E-state index contributed by atoms with van der Waals surface area (Å²) in [5, 5.41) is 11.0. The molecule has 25 heavy (non-hydrogen) atoms. The number of carbonyl (C=O) groups excluding carboxylic acids is 1. The van der Waals surface area contributed by atoms with Gasteiger partial charge >= 0.3 is 0 Å². The number of halogens is 1. The number of carbonyl (C=O) groups is 1. The first kappa shape index (κ1) is 18.0. The van der Waals surface area contributed by atoms with Gasteiger partial charge in [-0.1, -0.05) is 17.7 Å². The van der Waals surface area contributed by atoms with Crippen LogP contribution in [0, 0.1) is 19.8 Å². The van der Waals surface area contributed by atoms with Crippen molar-refractivity contribution in [3.8, 4) is 5.69 Å². The van der Waals surface area contributed by atoms with Gasteiger partial charge in [-0.2, -0.15) is 5.10 Å². The van der Waals surface area contributed by atoms with E-state index in [1.807, 2.05) is 4.68 Å². The molecule has 6 heteroatoms. The molecule has 0 bridgehead atoms. The van der Waals surface area contributed by atoms with Crippen molar-refractivity contribution in [2.75, 3.05) is 19.6 Å². The summed E-state index contributed by atoms with van der Waals surface area (Å²) in [5.41, 5.74) is 6.49. The van der Waals surface area contributed by atoms with E-state index in [9.17, 15) is 4.79 Å². The second-order valence-corrected chi connectivity index (χ2v) is 7.06. The highest BCUT2D eigenvalue weighted by atomic mass is 35.5. The van der Waals surface area contributed by atoms with E-state index in [4.69, 9.17) is 5.10 Å². The molecule has 2 heterocycles. The Balaban J connectivity index is 0.00000182. The lowest BCUT2D eigenvalue weighted by molar-refractivity contribution is 0.0936. The highest BCUT2D eigenvalue weighted by molar-refractivity contribution is 5.94. The van der Waals surface area contributed by atoms with Crippen LogP contribution in [0.4, 0.5) is 0 Å². The van der Waals surface area contributed by atoms with E-state index in [-0.39, 0.29) is 18.3 Å². The van der Waals surface area contributed by atoms with Crippen LogP contribution in [0.25, 0.3) is 5.69 Å². The predicted molar refractivity (Wildman–Crippen MR) is 101 cm³/mol. The number of hydrogen-bond donors (Lipinski definition) is 2. The number of aryl methyl sites for hydroxylation is 2. The molecule has 5 nitrogen and oxygen atoms in total. The van der Waals surface area contributed by atoms with Gasteiger partial charge in [0.25, 0.3) is 5.91 Å². The lowest BCUT2D eigenvalue weighted by Crippen LogP contribution is -2.48. The molecule has 2 aromatic rings. The van der Waals surface area contributed by atoms with Gasteiger partial charge in [0.2, 0.25) is 0 Å². The zero-order valence-corrected chi connectivity index (χ0v) is 15.6. The summed E-state index contributed by atoms with van der Waals surface area (Å²) in [6.07, 6.45) is 3.05. The van der Waals surface area contributed by atoms with Crippen molar-refractivity contribution in [2.45, 2.75) is 33.1 Å². The standard InChI is InChI=1S/C19H24N4O.ClH/c1-12-6-7-16(13(2)8-12)23-17-5-3-4-15(17)18(22-23)19(24)21-11-14-9-20-10-14;/h6-8,14,20H,3-5,9-11H2,1-2H3,(H,21,24);1H. The average molecular weight is 361 g/mol. The van der Waals surface area contributed by atoms with Crippen LogP contribution in [-0.2, 0) is 12.8 Å². The van der Waals surface area contributed by atoms with Gasteiger partial charge in [0.05, 0.1) is 5.69 Å². The van der Waals surface area contributed by atoms with E-state index in [1.54, 1.807) is 0 Å². The third-order valence-electron chi connectivity index (χ3n) is 5.14. The van der Waals surface area contributed by atoms with Crippen LogP contribution in [0.2, 0.25) is 0 Å². The number of nitrogens with one attached hydrogen (secondary N) is 2. The first-order valence-electron chi connectivity index (χ1n) is 8.81. The van der Waals surface area contributed by atoms with Crippen molar-refractivity contribution in [2.24, 2.45) is 5.92 Å². The van der Waals surface area contributed by atoms with E-state index in [0.717, 1.165) is 50.1 Å². The molecule has 1 aromatic carbocycles. The van der Waals surface area contributed by atoms with Crippen molar-refractivity contribution >= 4 is 18.3 Å². The molecule has 1 saturated heterocycles. The second-order valence-electron chi connectivity index (χ2n) is 7.06. The Kier molecular flexibility index (Phi) is 5.16. The average Bonchev–Trinajstić information content (AvgIpc) is 3.08. The van der Waals surface area contributed by atoms with Gasteiger partial charge in [0.15, 0.2) is 5.69 Å². The molecular weight excluding hydrogens is 336 g/mol. The van der Waals surface area contributed by atoms with Gasteiger partial charge in [0, 0.05) is 36.8 Å². The molecule has 2 aliphatic rings. The monoisotopic (exact) mass is 360 g/mol. The maximum absolute atomic E-state index is 12.6. The highest BCUT2D eigenvalue weighted by Gasteiger charge is 2.28. The molecule has 134 valence electrons. The minimum Gasteiger partial charge on any atom is -0.350 e. The molecule has 1 amide bonds. The second kappa shape index (κ2) is 7.18. The van der Waals surface area contributed by atoms with E-state index < -0.39 is 0 Å². The third-order valence-corrected chi connectivity index (χ3v) is 5.14. The van der Waals surface area contributed by atoms with Crippen molar-refractivity contribution < 1.29 is 4.79 Å². The molecule has 4 rings (SSSR count). The fourth-order valence-electron chi connectivity index (χ4n) is 3.68. The summed E-state index contributed by atoms with van der Waals surface area (Å²) in [4.78, 5) is 12.6. The molecule has 1 fully saturated rings. The normalized spacial score (nSPS) is 16.1. The molecule has 1 aliphatic heterocycles. The molecule has 0 atom stereocenters. The van der Waals surface area contributed by atoms with Crippen LogP contribution in [0.15, 0.2) is 18.2 Å². The molecule has 0 radical (unpaired) electrons. The number of hydrogen-bond acceptors (Lipinski definition) is 3. The molecular formula is C19H25ClN4O. The Morgan fingerprint density at radius 3 is 2.80 bits per heavy atom. The molecule has 2 N–H and O–H groups in total.